The zero-order valence-electron chi connectivity index (χ0n) is 10.0. The Morgan fingerprint density at radius 2 is 1.58 bits per heavy atom. The van der Waals surface area contributed by atoms with E-state index in [0.717, 1.165) is 15.4 Å². The molecule has 2 aromatic rings. The quantitative estimate of drug-likeness (QED) is 0.760. The van der Waals surface area contributed by atoms with E-state index in [-0.39, 0.29) is 0 Å². The minimum Gasteiger partial charge on any atom is -0.389 e. The Kier molecular flexibility index (Phi) is 5.04. The molecule has 0 saturated heterocycles. The standard InChI is InChI=1S/C14H11Cl3OS/c1-8(18)11-6-9(15)3-5-13(11)19-14-7-10(16)2-4-12(14)17/h2-8,18H,1H3. The fraction of sp³-hybridized carbons (Fsp3) is 0.143. The van der Waals surface area contributed by atoms with Crippen LogP contribution in [0.25, 0.3) is 0 Å². The second kappa shape index (κ2) is 6.38. The van der Waals surface area contributed by atoms with E-state index in [1.807, 2.05) is 6.07 Å². The maximum Gasteiger partial charge on any atom is 0.0773 e. The SMILES string of the molecule is CC(O)c1cc(Cl)ccc1Sc1cc(Cl)ccc1Cl. The van der Waals surface area contributed by atoms with Gasteiger partial charge in [0.2, 0.25) is 0 Å². The molecule has 0 fully saturated rings. The highest BCUT2D eigenvalue weighted by Crippen LogP contribution is 2.39. The molecule has 5 heteroatoms. The van der Waals surface area contributed by atoms with Gasteiger partial charge in [-0.1, -0.05) is 46.6 Å². The lowest BCUT2D eigenvalue weighted by Crippen LogP contribution is -1.94. The minimum absolute atomic E-state index is 0.595. The molecule has 0 aromatic heterocycles. The van der Waals surface area contributed by atoms with Crippen molar-refractivity contribution in [3.8, 4) is 0 Å². The smallest absolute Gasteiger partial charge is 0.0773 e. The van der Waals surface area contributed by atoms with E-state index in [9.17, 15) is 5.11 Å². The number of rotatable bonds is 3. The lowest BCUT2D eigenvalue weighted by Gasteiger charge is -2.13. The topological polar surface area (TPSA) is 20.2 Å². The van der Waals surface area contributed by atoms with Crippen LogP contribution in [0.15, 0.2) is 46.2 Å². The van der Waals surface area contributed by atoms with Gasteiger partial charge in [0.1, 0.15) is 0 Å². The van der Waals surface area contributed by atoms with Crippen LogP contribution in [0.2, 0.25) is 15.1 Å². The molecule has 0 radical (unpaired) electrons. The first kappa shape index (κ1) is 15.0. The Balaban J connectivity index is 2.40. The molecule has 0 aliphatic heterocycles. The predicted octanol–water partition coefficient (Wildman–Crippen LogP) is 5.85. The number of benzene rings is 2. The third-order valence-corrected chi connectivity index (χ3v) is 4.60. The molecule has 0 amide bonds. The van der Waals surface area contributed by atoms with Gasteiger partial charge in [0.25, 0.3) is 0 Å². The molecule has 0 aliphatic rings. The number of aliphatic hydroxyl groups excluding tert-OH is 1. The van der Waals surface area contributed by atoms with Crippen molar-refractivity contribution in [2.24, 2.45) is 0 Å². The van der Waals surface area contributed by atoms with Crippen LogP contribution in [0.1, 0.15) is 18.6 Å². The van der Waals surface area contributed by atoms with Crippen LogP contribution in [0.4, 0.5) is 0 Å². The fourth-order valence-electron chi connectivity index (χ4n) is 1.61. The maximum absolute atomic E-state index is 9.80. The average molecular weight is 334 g/mol. The van der Waals surface area contributed by atoms with Gasteiger partial charge in [-0.3, -0.25) is 0 Å². The molecule has 2 rings (SSSR count). The highest BCUT2D eigenvalue weighted by molar-refractivity contribution is 7.99. The number of hydrogen-bond donors (Lipinski definition) is 1. The van der Waals surface area contributed by atoms with Gasteiger partial charge >= 0.3 is 0 Å². The molecule has 0 saturated carbocycles. The maximum atomic E-state index is 9.80. The van der Waals surface area contributed by atoms with Crippen LogP contribution in [-0.4, -0.2) is 5.11 Å². The van der Waals surface area contributed by atoms with E-state index in [0.29, 0.717) is 15.1 Å². The van der Waals surface area contributed by atoms with Gasteiger partial charge < -0.3 is 5.11 Å². The van der Waals surface area contributed by atoms with Crippen molar-refractivity contribution in [3.05, 3.63) is 57.0 Å². The molecule has 1 N–H and O–H groups in total. The molecular formula is C14H11Cl3OS. The number of aliphatic hydroxyl groups is 1. The summed E-state index contributed by atoms with van der Waals surface area (Å²) in [6.07, 6.45) is -0.598. The summed E-state index contributed by atoms with van der Waals surface area (Å²) in [5.41, 5.74) is 0.772. The summed E-state index contributed by atoms with van der Waals surface area (Å²) in [7, 11) is 0. The van der Waals surface area contributed by atoms with E-state index >= 15 is 0 Å². The van der Waals surface area contributed by atoms with Crippen molar-refractivity contribution >= 4 is 46.6 Å². The molecule has 0 spiro atoms. The molecule has 100 valence electrons. The molecule has 2 aromatic carbocycles. The van der Waals surface area contributed by atoms with E-state index in [2.05, 4.69) is 0 Å². The summed E-state index contributed by atoms with van der Waals surface area (Å²) >= 11 is 19.5. The minimum atomic E-state index is -0.598. The average Bonchev–Trinajstić information content (AvgIpc) is 2.35. The lowest BCUT2D eigenvalue weighted by atomic mass is 10.1. The third kappa shape index (κ3) is 3.80. The third-order valence-electron chi connectivity index (χ3n) is 2.54. The molecule has 1 unspecified atom stereocenters. The van der Waals surface area contributed by atoms with Crippen LogP contribution in [-0.2, 0) is 0 Å². The summed E-state index contributed by atoms with van der Waals surface area (Å²) in [4.78, 5) is 1.75. The van der Waals surface area contributed by atoms with E-state index in [1.165, 1.54) is 11.8 Å². The summed E-state index contributed by atoms with van der Waals surface area (Å²) in [6, 6.07) is 10.7. The van der Waals surface area contributed by atoms with Crippen molar-refractivity contribution in [2.45, 2.75) is 22.8 Å². The zero-order valence-corrected chi connectivity index (χ0v) is 13.1. The second-order valence-corrected chi connectivity index (χ2v) is 6.40. The van der Waals surface area contributed by atoms with Crippen LogP contribution < -0.4 is 0 Å². The van der Waals surface area contributed by atoms with Crippen LogP contribution in [0.3, 0.4) is 0 Å². The molecule has 1 atom stereocenters. The van der Waals surface area contributed by atoms with Gasteiger partial charge in [-0.05, 0) is 48.9 Å². The Hall–Kier alpha value is -0.380. The normalized spacial score (nSPS) is 12.5. The van der Waals surface area contributed by atoms with Crippen LogP contribution in [0.5, 0.6) is 0 Å². The second-order valence-electron chi connectivity index (χ2n) is 4.03. The van der Waals surface area contributed by atoms with E-state index in [1.54, 1.807) is 37.3 Å². The molecule has 0 heterocycles. The van der Waals surface area contributed by atoms with Crippen LogP contribution >= 0.6 is 46.6 Å². The van der Waals surface area contributed by atoms with Gasteiger partial charge in [0, 0.05) is 19.8 Å². The van der Waals surface area contributed by atoms with Crippen molar-refractivity contribution in [1.82, 2.24) is 0 Å². The summed E-state index contributed by atoms with van der Waals surface area (Å²) in [6.45, 7) is 1.70. The lowest BCUT2D eigenvalue weighted by molar-refractivity contribution is 0.196. The predicted molar refractivity (Wildman–Crippen MR) is 82.7 cm³/mol. The summed E-state index contributed by atoms with van der Waals surface area (Å²) < 4.78 is 0. The molecule has 0 aliphatic carbocycles. The van der Waals surface area contributed by atoms with E-state index < -0.39 is 6.10 Å². The Morgan fingerprint density at radius 3 is 2.26 bits per heavy atom. The zero-order chi connectivity index (χ0) is 14.0. The van der Waals surface area contributed by atoms with Gasteiger partial charge in [0.05, 0.1) is 11.1 Å². The van der Waals surface area contributed by atoms with Crippen molar-refractivity contribution in [3.63, 3.8) is 0 Å². The molecule has 19 heavy (non-hydrogen) atoms. The van der Waals surface area contributed by atoms with Gasteiger partial charge in [-0.15, -0.1) is 0 Å². The molecular weight excluding hydrogens is 323 g/mol. The van der Waals surface area contributed by atoms with Crippen molar-refractivity contribution in [1.29, 1.82) is 0 Å². The summed E-state index contributed by atoms with van der Waals surface area (Å²) in [5, 5.41) is 11.6. The first-order valence-corrected chi connectivity index (χ1v) is 7.53. The fourth-order valence-corrected chi connectivity index (χ4v) is 3.34. The first-order valence-electron chi connectivity index (χ1n) is 5.58. The number of hydrogen-bond acceptors (Lipinski definition) is 2. The number of halogens is 3. The monoisotopic (exact) mass is 332 g/mol. The highest BCUT2D eigenvalue weighted by Gasteiger charge is 2.12. The molecule has 0 bridgehead atoms. The Bertz CT molecular complexity index is 599. The van der Waals surface area contributed by atoms with Gasteiger partial charge in [-0.2, -0.15) is 0 Å². The highest BCUT2D eigenvalue weighted by atomic mass is 35.5. The van der Waals surface area contributed by atoms with Gasteiger partial charge in [0.15, 0.2) is 0 Å². The van der Waals surface area contributed by atoms with Crippen molar-refractivity contribution in [2.75, 3.05) is 0 Å². The van der Waals surface area contributed by atoms with E-state index in [4.69, 9.17) is 34.8 Å². The Labute approximate surface area is 131 Å². The summed E-state index contributed by atoms with van der Waals surface area (Å²) in [5.74, 6) is 0. The molecule has 1 nitrogen and oxygen atoms in total. The van der Waals surface area contributed by atoms with Crippen molar-refractivity contribution < 1.29 is 5.11 Å². The Morgan fingerprint density at radius 1 is 0.947 bits per heavy atom. The largest absolute Gasteiger partial charge is 0.389 e. The van der Waals surface area contributed by atoms with Gasteiger partial charge in [-0.25, -0.2) is 0 Å². The van der Waals surface area contributed by atoms with Crippen LogP contribution in [0, 0.1) is 0 Å². The first-order chi connectivity index (χ1) is 8.97.